The summed E-state index contributed by atoms with van der Waals surface area (Å²) in [7, 11) is 0. The van der Waals surface area contributed by atoms with E-state index in [4.69, 9.17) is 0 Å². The number of halogens is 1. The molecule has 1 amide bonds. The van der Waals surface area contributed by atoms with Crippen molar-refractivity contribution < 1.29 is 4.79 Å². The first kappa shape index (κ1) is 13.4. The van der Waals surface area contributed by atoms with Crippen molar-refractivity contribution in [1.29, 1.82) is 0 Å². The van der Waals surface area contributed by atoms with Gasteiger partial charge in [-0.2, -0.15) is 0 Å². The Labute approximate surface area is 127 Å². The summed E-state index contributed by atoms with van der Waals surface area (Å²) in [6.45, 7) is 0.594. The highest BCUT2D eigenvalue weighted by Crippen LogP contribution is 2.47. The lowest BCUT2D eigenvalue weighted by Gasteiger charge is -2.05. The molecule has 2 aromatic carbocycles. The van der Waals surface area contributed by atoms with E-state index in [0.717, 1.165) is 16.5 Å². The minimum absolute atomic E-state index is 0.143. The summed E-state index contributed by atoms with van der Waals surface area (Å²) in [5.41, 5.74) is 2.39. The quantitative estimate of drug-likeness (QED) is 0.906. The molecule has 0 bridgehead atoms. The Bertz CT molecular complexity index is 611. The third-order valence-electron chi connectivity index (χ3n) is 3.71. The topological polar surface area (TPSA) is 29.1 Å². The molecular formula is C17H16BrNO. The van der Waals surface area contributed by atoms with Gasteiger partial charge >= 0.3 is 0 Å². The van der Waals surface area contributed by atoms with Crippen LogP contribution >= 0.6 is 15.9 Å². The molecule has 2 unspecified atom stereocenters. The molecular weight excluding hydrogens is 314 g/mol. The molecule has 0 radical (unpaired) electrons. The second-order valence-electron chi connectivity index (χ2n) is 5.21. The van der Waals surface area contributed by atoms with Crippen molar-refractivity contribution in [2.45, 2.75) is 18.9 Å². The Morgan fingerprint density at radius 2 is 1.95 bits per heavy atom. The molecule has 102 valence electrons. The van der Waals surface area contributed by atoms with Crippen molar-refractivity contribution in [3.8, 4) is 0 Å². The SMILES string of the molecule is O=C(NCc1cccc(Br)c1)C1CC1c1ccccc1. The fourth-order valence-corrected chi connectivity index (χ4v) is 2.97. The molecule has 3 rings (SSSR count). The molecule has 2 nitrogen and oxygen atoms in total. The summed E-state index contributed by atoms with van der Waals surface area (Å²) in [6, 6.07) is 18.3. The Hall–Kier alpha value is -1.61. The summed E-state index contributed by atoms with van der Waals surface area (Å²) in [5.74, 6) is 0.710. The van der Waals surface area contributed by atoms with Crippen LogP contribution in [0.15, 0.2) is 59.1 Å². The zero-order valence-corrected chi connectivity index (χ0v) is 12.6. The van der Waals surface area contributed by atoms with Gasteiger partial charge in [-0.3, -0.25) is 4.79 Å². The Balaban J connectivity index is 1.54. The molecule has 20 heavy (non-hydrogen) atoms. The molecule has 1 aliphatic rings. The van der Waals surface area contributed by atoms with Crippen molar-refractivity contribution in [2.75, 3.05) is 0 Å². The van der Waals surface area contributed by atoms with Crippen LogP contribution in [0.3, 0.4) is 0 Å². The highest BCUT2D eigenvalue weighted by atomic mass is 79.9. The Kier molecular flexibility index (Phi) is 3.88. The van der Waals surface area contributed by atoms with Crippen LogP contribution in [-0.4, -0.2) is 5.91 Å². The van der Waals surface area contributed by atoms with Crippen molar-refractivity contribution in [2.24, 2.45) is 5.92 Å². The van der Waals surface area contributed by atoms with Gasteiger partial charge in [0.15, 0.2) is 0 Å². The maximum atomic E-state index is 12.1. The monoisotopic (exact) mass is 329 g/mol. The maximum absolute atomic E-state index is 12.1. The molecule has 1 fully saturated rings. The first-order chi connectivity index (χ1) is 9.74. The van der Waals surface area contributed by atoms with Crippen LogP contribution in [0.5, 0.6) is 0 Å². The first-order valence-electron chi connectivity index (χ1n) is 6.81. The zero-order valence-electron chi connectivity index (χ0n) is 11.1. The number of rotatable bonds is 4. The first-order valence-corrected chi connectivity index (χ1v) is 7.60. The van der Waals surface area contributed by atoms with E-state index in [0.29, 0.717) is 12.5 Å². The van der Waals surface area contributed by atoms with E-state index < -0.39 is 0 Å². The summed E-state index contributed by atoms with van der Waals surface area (Å²) in [6.07, 6.45) is 0.967. The van der Waals surface area contributed by atoms with E-state index in [1.54, 1.807) is 0 Å². The third kappa shape index (κ3) is 3.10. The van der Waals surface area contributed by atoms with E-state index in [1.165, 1.54) is 5.56 Å². The van der Waals surface area contributed by atoms with Gasteiger partial charge in [0, 0.05) is 16.9 Å². The number of benzene rings is 2. The molecule has 0 aliphatic heterocycles. The summed E-state index contributed by atoms with van der Waals surface area (Å²) >= 11 is 3.44. The predicted octanol–water partition coefficient (Wildman–Crippen LogP) is 3.87. The minimum Gasteiger partial charge on any atom is -0.352 e. The van der Waals surface area contributed by atoms with Gasteiger partial charge in [-0.1, -0.05) is 58.4 Å². The predicted molar refractivity (Wildman–Crippen MR) is 83.3 cm³/mol. The number of hydrogen-bond acceptors (Lipinski definition) is 1. The highest BCUT2D eigenvalue weighted by molar-refractivity contribution is 9.10. The molecule has 3 heteroatoms. The van der Waals surface area contributed by atoms with Crippen molar-refractivity contribution in [3.05, 3.63) is 70.2 Å². The second-order valence-corrected chi connectivity index (χ2v) is 6.12. The Morgan fingerprint density at radius 1 is 1.15 bits per heavy atom. The van der Waals surface area contributed by atoms with E-state index in [9.17, 15) is 4.79 Å². The smallest absolute Gasteiger partial charge is 0.224 e. The largest absolute Gasteiger partial charge is 0.352 e. The van der Waals surface area contributed by atoms with Crippen molar-refractivity contribution in [3.63, 3.8) is 0 Å². The number of carbonyl (C=O) groups excluding carboxylic acids is 1. The number of carbonyl (C=O) groups is 1. The van der Waals surface area contributed by atoms with E-state index >= 15 is 0 Å². The zero-order chi connectivity index (χ0) is 13.9. The lowest BCUT2D eigenvalue weighted by molar-refractivity contribution is -0.122. The van der Waals surface area contributed by atoms with Crippen molar-refractivity contribution >= 4 is 21.8 Å². The molecule has 0 heterocycles. The van der Waals surface area contributed by atoms with Gasteiger partial charge < -0.3 is 5.32 Å². The average molecular weight is 330 g/mol. The second kappa shape index (κ2) is 5.80. The van der Waals surface area contributed by atoms with E-state index in [-0.39, 0.29) is 11.8 Å². The molecule has 2 atom stereocenters. The van der Waals surface area contributed by atoms with Crippen LogP contribution in [0.4, 0.5) is 0 Å². The molecule has 0 saturated heterocycles. The summed E-state index contributed by atoms with van der Waals surface area (Å²) in [4.78, 5) is 12.1. The van der Waals surface area contributed by atoms with Gasteiger partial charge in [-0.15, -0.1) is 0 Å². The lowest BCUT2D eigenvalue weighted by atomic mass is 10.1. The van der Waals surface area contributed by atoms with Gasteiger partial charge in [0.25, 0.3) is 0 Å². The molecule has 1 saturated carbocycles. The number of nitrogens with one attached hydrogen (secondary N) is 1. The lowest BCUT2D eigenvalue weighted by Crippen LogP contribution is -2.24. The van der Waals surface area contributed by atoms with E-state index in [2.05, 4.69) is 33.4 Å². The van der Waals surface area contributed by atoms with Gasteiger partial charge in [0.1, 0.15) is 0 Å². The molecule has 0 aromatic heterocycles. The van der Waals surface area contributed by atoms with Gasteiger partial charge in [-0.05, 0) is 35.6 Å². The summed E-state index contributed by atoms with van der Waals surface area (Å²) < 4.78 is 1.04. The third-order valence-corrected chi connectivity index (χ3v) is 4.20. The minimum atomic E-state index is 0.143. The molecule has 1 N–H and O–H groups in total. The van der Waals surface area contributed by atoms with Crippen LogP contribution in [0.1, 0.15) is 23.5 Å². The maximum Gasteiger partial charge on any atom is 0.224 e. The Morgan fingerprint density at radius 3 is 2.70 bits per heavy atom. The average Bonchev–Trinajstić information content (AvgIpc) is 3.26. The van der Waals surface area contributed by atoms with Gasteiger partial charge in [-0.25, -0.2) is 0 Å². The standard InChI is InChI=1S/C17H16BrNO/c18-14-8-4-5-12(9-14)11-19-17(20)16-10-15(16)13-6-2-1-3-7-13/h1-9,15-16H,10-11H2,(H,19,20). The van der Waals surface area contributed by atoms with E-state index in [1.807, 2.05) is 42.5 Å². The summed E-state index contributed by atoms with van der Waals surface area (Å²) in [5, 5.41) is 3.03. The molecule has 1 aliphatic carbocycles. The van der Waals surface area contributed by atoms with Gasteiger partial charge in [0.05, 0.1) is 0 Å². The van der Waals surface area contributed by atoms with Crippen LogP contribution in [0, 0.1) is 5.92 Å². The normalized spacial score (nSPS) is 20.4. The van der Waals surface area contributed by atoms with Crippen LogP contribution in [0.2, 0.25) is 0 Å². The fourth-order valence-electron chi connectivity index (χ4n) is 2.52. The highest BCUT2D eigenvalue weighted by Gasteiger charge is 2.43. The van der Waals surface area contributed by atoms with Crippen molar-refractivity contribution in [1.82, 2.24) is 5.32 Å². The van der Waals surface area contributed by atoms with Crippen LogP contribution in [0.25, 0.3) is 0 Å². The fraction of sp³-hybridized carbons (Fsp3) is 0.235. The number of amides is 1. The van der Waals surface area contributed by atoms with Gasteiger partial charge in [0.2, 0.25) is 5.91 Å². The molecule has 0 spiro atoms. The number of hydrogen-bond donors (Lipinski definition) is 1. The molecule has 2 aromatic rings. The van der Waals surface area contributed by atoms with Crippen LogP contribution < -0.4 is 5.32 Å². The van der Waals surface area contributed by atoms with Crippen LogP contribution in [-0.2, 0) is 11.3 Å².